The van der Waals surface area contributed by atoms with Crippen molar-refractivity contribution in [3.63, 3.8) is 0 Å². The van der Waals surface area contributed by atoms with Gasteiger partial charge in [-0.2, -0.15) is 0 Å². The molecule has 1 N–H and O–H groups in total. The third kappa shape index (κ3) is 3.41. The molecule has 0 aliphatic carbocycles. The van der Waals surface area contributed by atoms with E-state index in [1.165, 1.54) is 5.69 Å². The molecule has 17 heavy (non-hydrogen) atoms. The Morgan fingerprint density at radius 2 is 2.18 bits per heavy atom. The summed E-state index contributed by atoms with van der Waals surface area (Å²) < 4.78 is 5.01. The molecule has 0 bridgehead atoms. The Balaban J connectivity index is 1.85. The monoisotopic (exact) mass is 250 g/mol. The van der Waals surface area contributed by atoms with Gasteiger partial charge in [0.25, 0.3) is 0 Å². The van der Waals surface area contributed by atoms with Crippen molar-refractivity contribution < 1.29 is 4.42 Å². The molecule has 3 nitrogen and oxygen atoms in total. The summed E-state index contributed by atoms with van der Waals surface area (Å²) in [6, 6.07) is 1.97. The van der Waals surface area contributed by atoms with Gasteiger partial charge < -0.3 is 9.73 Å². The van der Waals surface area contributed by atoms with Crippen LogP contribution in [0, 0.1) is 0 Å². The van der Waals surface area contributed by atoms with E-state index in [1.54, 1.807) is 23.9 Å². The van der Waals surface area contributed by atoms with E-state index in [-0.39, 0.29) is 5.41 Å². The minimum atomic E-state index is 0.138. The summed E-state index contributed by atoms with van der Waals surface area (Å²) in [5.41, 5.74) is 2.47. The smallest absolute Gasteiger partial charge is 0.107 e. The number of rotatable bonds is 4. The summed E-state index contributed by atoms with van der Waals surface area (Å²) in [5.74, 6) is 0. The minimum Gasteiger partial charge on any atom is -0.472 e. The lowest BCUT2D eigenvalue weighted by molar-refractivity contribution is 0.558. The van der Waals surface area contributed by atoms with Crippen molar-refractivity contribution in [2.75, 3.05) is 0 Å². The van der Waals surface area contributed by atoms with E-state index in [9.17, 15) is 0 Å². The van der Waals surface area contributed by atoms with Crippen molar-refractivity contribution in [2.24, 2.45) is 0 Å². The molecule has 0 atom stereocenters. The Morgan fingerprint density at radius 3 is 2.76 bits per heavy atom. The van der Waals surface area contributed by atoms with Crippen LogP contribution in [0.4, 0.5) is 0 Å². The molecular weight excluding hydrogens is 232 g/mol. The fourth-order valence-corrected chi connectivity index (χ4v) is 2.43. The zero-order valence-corrected chi connectivity index (χ0v) is 11.3. The lowest BCUT2D eigenvalue weighted by Crippen LogP contribution is -2.14. The van der Waals surface area contributed by atoms with Crippen molar-refractivity contribution in [1.29, 1.82) is 0 Å². The molecule has 0 spiro atoms. The van der Waals surface area contributed by atoms with Gasteiger partial charge in [0.2, 0.25) is 0 Å². The highest BCUT2D eigenvalue weighted by atomic mass is 32.1. The Bertz CT molecular complexity index is 454. The van der Waals surface area contributed by atoms with E-state index in [4.69, 9.17) is 4.42 Å². The summed E-state index contributed by atoms with van der Waals surface area (Å²) in [6.07, 6.45) is 3.45. The predicted molar refractivity (Wildman–Crippen MR) is 70.1 cm³/mol. The highest BCUT2D eigenvalue weighted by molar-refractivity contribution is 7.09. The molecule has 0 saturated carbocycles. The Hall–Kier alpha value is -1.13. The second-order valence-electron chi connectivity index (χ2n) is 5.11. The first-order chi connectivity index (χ1) is 8.05. The molecule has 2 aromatic heterocycles. The molecule has 2 rings (SSSR count). The van der Waals surface area contributed by atoms with Gasteiger partial charge in [0.1, 0.15) is 5.01 Å². The molecule has 0 amide bonds. The molecule has 0 aliphatic rings. The predicted octanol–water partition coefficient (Wildman–Crippen LogP) is 3.32. The highest BCUT2D eigenvalue weighted by Crippen LogP contribution is 2.23. The maximum Gasteiger partial charge on any atom is 0.107 e. The van der Waals surface area contributed by atoms with Crippen LogP contribution in [0.5, 0.6) is 0 Å². The maximum absolute atomic E-state index is 5.01. The van der Waals surface area contributed by atoms with Crippen molar-refractivity contribution in [2.45, 2.75) is 39.3 Å². The van der Waals surface area contributed by atoms with Gasteiger partial charge in [0, 0.05) is 29.4 Å². The van der Waals surface area contributed by atoms with Crippen molar-refractivity contribution in [3.05, 3.63) is 40.2 Å². The molecule has 2 aromatic rings. The third-order valence-electron chi connectivity index (χ3n) is 2.51. The van der Waals surface area contributed by atoms with Gasteiger partial charge >= 0.3 is 0 Å². The largest absolute Gasteiger partial charge is 0.472 e. The quantitative estimate of drug-likeness (QED) is 0.904. The first kappa shape index (κ1) is 12.3. The van der Waals surface area contributed by atoms with E-state index >= 15 is 0 Å². The maximum atomic E-state index is 5.01. The van der Waals surface area contributed by atoms with Gasteiger partial charge in [0.15, 0.2) is 0 Å². The van der Waals surface area contributed by atoms with Crippen LogP contribution < -0.4 is 5.32 Å². The van der Waals surface area contributed by atoms with Crippen LogP contribution in [0.25, 0.3) is 0 Å². The van der Waals surface area contributed by atoms with E-state index in [0.29, 0.717) is 0 Å². The molecule has 0 aliphatic heterocycles. The first-order valence-corrected chi connectivity index (χ1v) is 6.60. The molecule has 2 heterocycles. The molecule has 4 heteroatoms. The van der Waals surface area contributed by atoms with Gasteiger partial charge in [-0.25, -0.2) is 4.98 Å². The van der Waals surface area contributed by atoms with E-state index in [2.05, 4.69) is 36.5 Å². The van der Waals surface area contributed by atoms with Crippen LogP contribution >= 0.6 is 11.3 Å². The third-order valence-corrected chi connectivity index (χ3v) is 3.35. The summed E-state index contributed by atoms with van der Waals surface area (Å²) in [7, 11) is 0. The molecule has 92 valence electrons. The summed E-state index contributed by atoms with van der Waals surface area (Å²) >= 11 is 1.72. The molecule has 0 saturated heterocycles. The van der Waals surface area contributed by atoms with Gasteiger partial charge in [-0.1, -0.05) is 20.8 Å². The van der Waals surface area contributed by atoms with Crippen LogP contribution in [0.3, 0.4) is 0 Å². The molecular formula is C13H18N2OS. The van der Waals surface area contributed by atoms with Crippen molar-refractivity contribution in [1.82, 2.24) is 10.3 Å². The minimum absolute atomic E-state index is 0.138. The lowest BCUT2D eigenvalue weighted by Gasteiger charge is -2.14. The van der Waals surface area contributed by atoms with E-state index < -0.39 is 0 Å². The highest BCUT2D eigenvalue weighted by Gasteiger charge is 2.17. The normalized spacial score (nSPS) is 11.9. The number of thiazole rings is 1. The fraction of sp³-hybridized carbons (Fsp3) is 0.462. The Labute approximate surface area is 106 Å². The number of furan rings is 1. The Kier molecular flexibility index (Phi) is 3.64. The number of hydrogen-bond acceptors (Lipinski definition) is 4. The second kappa shape index (κ2) is 5.02. The standard InChI is InChI=1S/C13H18N2OS/c1-13(2,3)11-9-17-12(15-11)7-14-6-10-4-5-16-8-10/h4-5,8-9,14H,6-7H2,1-3H3. The SMILES string of the molecule is CC(C)(C)c1csc(CNCc2ccoc2)n1. The summed E-state index contributed by atoms with van der Waals surface area (Å²) in [4.78, 5) is 4.63. The number of aromatic nitrogens is 1. The lowest BCUT2D eigenvalue weighted by atomic mass is 9.93. The van der Waals surface area contributed by atoms with Crippen molar-refractivity contribution >= 4 is 11.3 Å². The molecule has 0 radical (unpaired) electrons. The molecule has 0 unspecified atom stereocenters. The summed E-state index contributed by atoms with van der Waals surface area (Å²) in [5, 5.41) is 6.64. The topological polar surface area (TPSA) is 38.1 Å². The van der Waals surface area contributed by atoms with Crippen LogP contribution in [-0.4, -0.2) is 4.98 Å². The fourth-order valence-electron chi connectivity index (χ4n) is 1.44. The summed E-state index contributed by atoms with van der Waals surface area (Å²) in [6.45, 7) is 8.19. The average Bonchev–Trinajstić information content (AvgIpc) is 2.86. The van der Waals surface area contributed by atoms with Crippen molar-refractivity contribution in [3.8, 4) is 0 Å². The van der Waals surface area contributed by atoms with E-state index in [1.807, 2.05) is 6.07 Å². The van der Waals surface area contributed by atoms with Gasteiger partial charge in [-0.3, -0.25) is 0 Å². The average molecular weight is 250 g/mol. The van der Waals surface area contributed by atoms with Gasteiger partial charge in [-0.15, -0.1) is 11.3 Å². The van der Waals surface area contributed by atoms with Gasteiger partial charge in [-0.05, 0) is 6.07 Å². The number of hydrogen-bond donors (Lipinski definition) is 1. The number of nitrogens with zero attached hydrogens (tertiary/aromatic N) is 1. The first-order valence-electron chi connectivity index (χ1n) is 5.72. The van der Waals surface area contributed by atoms with Crippen LogP contribution in [0.15, 0.2) is 28.4 Å². The van der Waals surface area contributed by atoms with Gasteiger partial charge in [0.05, 0.1) is 18.2 Å². The van der Waals surface area contributed by atoms with E-state index in [0.717, 1.165) is 23.7 Å². The molecule has 0 fully saturated rings. The Morgan fingerprint density at radius 1 is 1.35 bits per heavy atom. The van der Waals surface area contributed by atoms with Crippen LogP contribution in [0.1, 0.15) is 37.0 Å². The van der Waals surface area contributed by atoms with Crippen LogP contribution in [0.2, 0.25) is 0 Å². The zero-order valence-electron chi connectivity index (χ0n) is 10.5. The number of nitrogens with one attached hydrogen (secondary N) is 1. The molecule has 0 aromatic carbocycles. The van der Waals surface area contributed by atoms with Crippen LogP contribution in [-0.2, 0) is 18.5 Å². The second-order valence-corrected chi connectivity index (χ2v) is 6.05. The zero-order chi connectivity index (χ0) is 12.3.